The van der Waals surface area contributed by atoms with Gasteiger partial charge in [0.1, 0.15) is 5.82 Å². The number of pyridine rings is 1. The molecule has 2 heterocycles. The zero-order valence-corrected chi connectivity index (χ0v) is 13.8. The van der Waals surface area contributed by atoms with Gasteiger partial charge in [0.25, 0.3) is 5.69 Å². The van der Waals surface area contributed by atoms with Crippen molar-refractivity contribution in [3.05, 3.63) is 39.9 Å². The summed E-state index contributed by atoms with van der Waals surface area (Å²) in [7, 11) is 0. The smallest absolute Gasteiger partial charge is 0.270 e. The molecule has 7 nitrogen and oxygen atoms in total. The van der Waals surface area contributed by atoms with Crippen LogP contribution in [0.2, 0.25) is 0 Å². The van der Waals surface area contributed by atoms with Crippen LogP contribution >= 0.6 is 0 Å². The van der Waals surface area contributed by atoms with Crippen LogP contribution in [0.4, 0.5) is 11.5 Å². The largest absolute Gasteiger partial charge is 0.367 e. The lowest BCUT2D eigenvalue weighted by atomic mass is 10.0. The number of nitriles is 1. The monoisotopic (exact) mass is 337 g/mol. The summed E-state index contributed by atoms with van der Waals surface area (Å²) in [5, 5.41) is 24.3. The van der Waals surface area contributed by atoms with Crippen LogP contribution in [0.1, 0.15) is 31.2 Å². The highest BCUT2D eigenvalue weighted by Gasteiger charge is 2.31. The molecule has 1 saturated heterocycles. The first kappa shape index (κ1) is 15.8. The van der Waals surface area contributed by atoms with E-state index in [1.165, 1.54) is 25.0 Å². The van der Waals surface area contributed by atoms with Gasteiger partial charge in [0.05, 0.1) is 22.1 Å². The molecule has 0 radical (unpaired) electrons. The SMILES string of the molecule is N#Cc1cc(NC2CCN(C3CC3)CC2)nc2ccc([N+](=O)[O-])cc12. The van der Waals surface area contributed by atoms with Gasteiger partial charge in [-0.1, -0.05) is 0 Å². The van der Waals surface area contributed by atoms with E-state index in [0.29, 0.717) is 28.3 Å². The molecule has 0 amide bonds. The maximum atomic E-state index is 10.9. The van der Waals surface area contributed by atoms with Crippen molar-refractivity contribution in [1.29, 1.82) is 5.26 Å². The van der Waals surface area contributed by atoms with Gasteiger partial charge in [0.15, 0.2) is 0 Å². The summed E-state index contributed by atoms with van der Waals surface area (Å²) in [6.45, 7) is 2.21. The first-order chi connectivity index (χ1) is 12.1. The lowest BCUT2D eigenvalue weighted by Crippen LogP contribution is -2.40. The molecule has 0 atom stereocenters. The zero-order valence-electron chi connectivity index (χ0n) is 13.8. The van der Waals surface area contributed by atoms with Crippen LogP contribution in [0.3, 0.4) is 0 Å². The van der Waals surface area contributed by atoms with Gasteiger partial charge in [-0.25, -0.2) is 4.98 Å². The van der Waals surface area contributed by atoms with Crippen LogP contribution in [0.15, 0.2) is 24.3 Å². The molecule has 0 bridgehead atoms. The highest BCUT2D eigenvalue weighted by molar-refractivity contribution is 5.88. The number of fused-ring (bicyclic) bond motifs is 1. The fourth-order valence-electron chi connectivity index (χ4n) is 3.55. The molecule has 128 valence electrons. The van der Waals surface area contributed by atoms with E-state index in [0.717, 1.165) is 32.0 Å². The molecule has 2 aliphatic rings. The summed E-state index contributed by atoms with van der Waals surface area (Å²) in [5.41, 5.74) is 0.980. The number of piperidine rings is 1. The molecular weight excluding hydrogens is 318 g/mol. The van der Waals surface area contributed by atoms with Crippen molar-refractivity contribution in [2.45, 2.75) is 37.8 Å². The number of rotatable bonds is 4. The minimum atomic E-state index is -0.458. The number of nitro benzene ring substituents is 1. The molecule has 1 aromatic heterocycles. The summed E-state index contributed by atoms with van der Waals surface area (Å²) >= 11 is 0. The second-order valence-corrected chi connectivity index (χ2v) is 6.81. The molecule has 2 aromatic rings. The van der Waals surface area contributed by atoms with Gasteiger partial charge < -0.3 is 10.2 Å². The van der Waals surface area contributed by atoms with E-state index in [-0.39, 0.29) is 5.69 Å². The Balaban J connectivity index is 1.55. The summed E-state index contributed by atoms with van der Waals surface area (Å²) < 4.78 is 0. The third kappa shape index (κ3) is 3.26. The van der Waals surface area contributed by atoms with E-state index in [1.807, 2.05) is 0 Å². The average Bonchev–Trinajstić information content (AvgIpc) is 3.46. The van der Waals surface area contributed by atoms with Crippen molar-refractivity contribution in [2.24, 2.45) is 0 Å². The molecule has 0 unspecified atom stereocenters. The molecule has 1 N–H and O–H groups in total. The molecule has 2 fully saturated rings. The van der Waals surface area contributed by atoms with Crippen molar-refractivity contribution in [2.75, 3.05) is 18.4 Å². The Morgan fingerprint density at radius 1 is 1.24 bits per heavy atom. The number of anilines is 1. The van der Waals surface area contributed by atoms with Gasteiger partial charge in [0, 0.05) is 42.7 Å². The molecular formula is C18H19N5O2. The molecule has 4 rings (SSSR count). The van der Waals surface area contributed by atoms with E-state index in [2.05, 4.69) is 21.3 Å². The molecule has 1 aromatic carbocycles. The van der Waals surface area contributed by atoms with Crippen molar-refractivity contribution >= 4 is 22.4 Å². The Kier molecular flexibility index (Phi) is 3.98. The van der Waals surface area contributed by atoms with E-state index in [1.54, 1.807) is 12.1 Å². The van der Waals surface area contributed by atoms with Crippen LogP contribution in [0.5, 0.6) is 0 Å². The number of nitro groups is 1. The number of nitrogens with one attached hydrogen (secondary N) is 1. The zero-order chi connectivity index (χ0) is 17.4. The van der Waals surface area contributed by atoms with Crippen LogP contribution in [0.25, 0.3) is 10.9 Å². The normalized spacial score (nSPS) is 18.8. The second-order valence-electron chi connectivity index (χ2n) is 6.81. The fraction of sp³-hybridized carbons (Fsp3) is 0.444. The molecule has 1 saturated carbocycles. The fourth-order valence-corrected chi connectivity index (χ4v) is 3.55. The Labute approximate surface area is 145 Å². The van der Waals surface area contributed by atoms with Gasteiger partial charge in [-0.2, -0.15) is 5.26 Å². The standard InChI is InChI=1S/C18H19N5O2/c19-11-12-9-18(20-13-5-7-22(8-6-13)14-1-2-14)21-17-4-3-15(23(24)25)10-16(12)17/h3-4,9-10,13-14H,1-2,5-8H2,(H,20,21). The number of hydrogen-bond donors (Lipinski definition) is 1. The minimum absolute atomic E-state index is 0.0287. The number of likely N-dealkylation sites (tertiary alicyclic amines) is 1. The third-order valence-electron chi connectivity index (χ3n) is 5.07. The lowest BCUT2D eigenvalue weighted by Gasteiger charge is -2.32. The summed E-state index contributed by atoms with van der Waals surface area (Å²) in [6, 6.07) is 9.43. The van der Waals surface area contributed by atoms with E-state index >= 15 is 0 Å². The van der Waals surface area contributed by atoms with E-state index in [9.17, 15) is 15.4 Å². The highest BCUT2D eigenvalue weighted by Crippen LogP contribution is 2.30. The first-order valence-corrected chi connectivity index (χ1v) is 8.64. The van der Waals surface area contributed by atoms with Gasteiger partial charge in [-0.15, -0.1) is 0 Å². The topological polar surface area (TPSA) is 95.1 Å². The van der Waals surface area contributed by atoms with Gasteiger partial charge >= 0.3 is 0 Å². The minimum Gasteiger partial charge on any atom is -0.367 e. The maximum Gasteiger partial charge on any atom is 0.270 e. The maximum absolute atomic E-state index is 10.9. The Morgan fingerprint density at radius 3 is 2.64 bits per heavy atom. The van der Waals surface area contributed by atoms with Gasteiger partial charge in [-0.3, -0.25) is 10.1 Å². The van der Waals surface area contributed by atoms with Crippen molar-refractivity contribution in [3.63, 3.8) is 0 Å². The Morgan fingerprint density at radius 2 is 2.00 bits per heavy atom. The number of benzene rings is 1. The van der Waals surface area contributed by atoms with Crippen molar-refractivity contribution < 1.29 is 4.92 Å². The van der Waals surface area contributed by atoms with E-state index in [4.69, 9.17) is 0 Å². The van der Waals surface area contributed by atoms with E-state index < -0.39 is 4.92 Å². The number of nitrogens with zero attached hydrogens (tertiary/aromatic N) is 4. The van der Waals surface area contributed by atoms with Crippen LogP contribution in [-0.2, 0) is 0 Å². The first-order valence-electron chi connectivity index (χ1n) is 8.64. The van der Waals surface area contributed by atoms with Crippen LogP contribution in [-0.4, -0.2) is 40.0 Å². The predicted octanol–water partition coefficient (Wildman–Crippen LogP) is 3.05. The number of hydrogen-bond acceptors (Lipinski definition) is 6. The predicted molar refractivity (Wildman–Crippen MR) is 94.4 cm³/mol. The molecule has 7 heteroatoms. The lowest BCUT2D eigenvalue weighted by molar-refractivity contribution is -0.384. The van der Waals surface area contributed by atoms with Gasteiger partial charge in [-0.05, 0) is 37.8 Å². The molecule has 1 aliphatic carbocycles. The second kappa shape index (κ2) is 6.30. The van der Waals surface area contributed by atoms with Crippen LogP contribution < -0.4 is 5.32 Å². The summed E-state index contributed by atoms with van der Waals surface area (Å²) in [4.78, 5) is 17.6. The number of non-ortho nitro benzene ring substituents is 1. The van der Waals surface area contributed by atoms with Crippen molar-refractivity contribution in [1.82, 2.24) is 9.88 Å². The molecule has 0 spiro atoms. The molecule has 25 heavy (non-hydrogen) atoms. The Bertz CT molecular complexity index is 864. The number of aromatic nitrogens is 1. The quantitative estimate of drug-likeness (QED) is 0.680. The van der Waals surface area contributed by atoms with Crippen LogP contribution in [0, 0.1) is 21.4 Å². The van der Waals surface area contributed by atoms with Crippen molar-refractivity contribution in [3.8, 4) is 6.07 Å². The Hall–Kier alpha value is -2.72. The summed E-state index contributed by atoms with van der Waals surface area (Å²) in [6.07, 6.45) is 4.81. The molecule has 1 aliphatic heterocycles. The average molecular weight is 337 g/mol. The van der Waals surface area contributed by atoms with Gasteiger partial charge in [0.2, 0.25) is 0 Å². The third-order valence-corrected chi connectivity index (χ3v) is 5.07. The summed E-state index contributed by atoms with van der Waals surface area (Å²) in [5.74, 6) is 0.669. The highest BCUT2D eigenvalue weighted by atomic mass is 16.6.